The Labute approximate surface area is 159 Å². The topological polar surface area (TPSA) is 79.0 Å². The Morgan fingerprint density at radius 3 is 2.70 bits per heavy atom. The van der Waals surface area contributed by atoms with Crippen LogP contribution in [-0.4, -0.2) is 36.2 Å². The van der Waals surface area contributed by atoms with E-state index in [0.717, 1.165) is 47.7 Å². The van der Waals surface area contributed by atoms with Gasteiger partial charge in [-0.1, -0.05) is 0 Å². The van der Waals surface area contributed by atoms with Crippen molar-refractivity contribution in [2.24, 2.45) is 0 Å². The molecule has 0 saturated heterocycles. The summed E-state index contributed by atoms with van der Waals surface area (Å²) in [4.78, 5) is 14.3. The molecule has 0 saturated carbocycles. The fourth-order valence-electron chi connectivity index (χ4n) is 3.61. The van der Waals surface area contributed by atoms with Crippen molar-refractivity contribution in [2.75, 3.05) is 17.7 Å². The van der Waals surface area contributed by atoms with Gasteiger partial charge in [-0.25, -0.2) is 13.4 Å². The Morgan fingerprint density at radius 1 is 1.19 bits per heavy atom. The first kappa shape index (κ1) is 17.7. The predicted molar refractivity (Wildman–Crippen MR) is 106 cm³/mol. The Kier molecular flexibility index (Phi) is 4.26. The van der Waals surface area contributed by atoms with Crippen LogP contribution in [0.2, 0.25) is 0 Å². The molecule has 140 valence electrons. The molecule has 0 aliphatic carbocycles. The van der Waals surface area contributed by atoms with E-state index in [1.807, 2.05) is 19.9 Å². The van der Waals surface area contributed by atoms with E-state index in [-0.39, 0.29) is 5.03 Å². The van der Waals surface area contributed by atoms with Gasteiger partial charge in [0.1, 0.15) is 0 Å². The Morgan fingerprint density at radius 2 is 2.00 bits per heavy atom. The molecule has 1 aliphatic heterocycles. The molecule has 7 heteroatoms. The third-order valence-corrected chi connectivity index (χ3v) is 6.04. The van der Waals surface area contributed by atoms with Gasteiger partial charge >= 0.3 is 0 Å². The van der Waals surface area contributed by atoms with Crippen LogP contribution in [0.25, 0.3) is 11.3 Å². The van der Waals surface area contributed by atoms with Gasteiger partial charge in [0.15, 0.2) is 14.9 Å². The monoisotopic (exact) mass is 382 g/mol. The van der Waals surface area contributed by atoms with Crippen LogP contribution in [0.4, 0.5) is 5.69 Å². The standard InChI is InChI=1S/C20H22N4O2S/c1-13-9-20(27(3,25)26)22-11-19(13)24-8-6-17-15(12-24)10-18(23-17)16-5-4-7-21-14(16)2/h4-5,7,9-11,23H,6,8,12H2,1-3H3. The van der Waals surface area contributed by atoms with Crippen LogP contribution in [0.1, 0.15) is 22.5 Å². The van der Waals surface area contributed by atoms with Gasteiger partial charge in [-0.05, 0) is 49.2 Å². The summed E-state index contributed by atoms with van der Waals surface area (Å²) in [6, 6.07) is 7.88. The van der Waals surface area contributed by atoms with Crippen LogP contribution in [0.5, 0.6) is 0 Å². The van der Waals surface area contributed by atoms with Gasteiger partial charge < -0.3 is 9.88 Å². The van der Waals surface area contributed by atoms with Gasteiger partial charge in [0.2, 0.25) is 0 Å². The highest BCUT2D eigenvalue weighted by Crippen LogP contribution is 2.31. The number of pyridine rings is 2. The second kappa shape index (κ2) is 6.49. The number of sulfone groups is 1. The summed E-state index contributed by atoms with van der Waals surface area (Å²) in [5.41, 5.74) is 7.63. The molecular weight excluding hydrogens is 360 g/mol. The lowest BCUT2D eigenvalue weighted by atomic mass is 10.1. The average Bonchev–Trinajstić information content (AvgIpc) is 3.04. The molecule has 0 bridgehead atoms. The minimum Gasteiger partial charge on any atom is -0.365 e. The number of anilines is 1. The van der Waals surface area contributed by atoms with Crippen molar-refractivity contribution >= 4 is 15.5 Å². The minimum absolute atomic E-state index is 0.123. The summed E-state index contributed by atoms with van der Waals surface area (Å²) in [6.45, 7) is 5.58. The van der Waals surface area contributed by atoms with Crippen molar-refractivity contribution in [3.63, 3.8) is 0 Å². The summed E-state index contributed by atoms with van der Waals surface area (Å²) in [7, 11) is -3.29. The fraction of sp³-hybridized carbons (Fsp3) is 0.300. The van der Waals surface area contributed by atoms with E-state index in [1.165, 1.54) is 17.5 Å². The molecule has 1 aliphatic rings. The lowest BCUT2D eigenvalue weighted by Gasteiger charge is -2.30. The molecular formula is C20H22N4O2S. The van der Waals surface area contributed by atoms with Crippen molar-refractivity contribution in [3.05, 3.63) is 59.2 Å². The van der Waals surface area contributed by atoms with Crippen LogP contribution in [-0.2, 0) is 22.8 Å². The van der Waals surface area contributed by atoms with Gasteiger partial charge in [0.25, 0.3) is 0 Å². The van der Waals surface area contributed by atoms with Crippen molar-refractivity contribution in [1.29, 1.82) is 0 Å². The largest absolute Gasteiger partial charge is 0.365 e. The maximum Gasteiger partial charge on any atom is 0.192 e. The second-order valence-corrected chi connectivity index (χ2v) is 9.04. The first-order chi connectivity index (χ1) is 12.8. The lowest BCUT2D eigenvalue weighted by molar-refractivity contribution is 0.598. The SMILES string of the molecule is Cc1cc(S(C)(=O)=O)ncc1N1CCc2[nH]c(-c3cccnc3C)cc2C1. The number of aromatic nitrogens is 3. The summed E-state index contributed by atoms with van der Waals surface area (Å²) in [5, 5.41) is 0.123. The summed E-state index contributed by atoms with van der Waals surface area (Å²) in [5.74, 6) is 0. The van der Waals surface area contributed by atoms with Crippen molar-refractivity contribution in [3.8, 4) is 11.3 Å². The van der Waals surface area contributed by atoms with E-state index >= 15 is 0 Å². The zero-order chi connectivity index (χ0) is 19.2. The number of H-pyrrole nitrogens is 1. The smallest absolute Gasteiger partial charge is 0.192 e. The van der Waals surface area contributed by atoms with Gasteiger partial charge in [-0.15, -0.1) is 0 Å². The third kappa shape index (κ3) is 3.35. The number of aromatic amines is 1. The number of nitrogens with zero attached hydrogens (tertiary/aromatic N) is 3. The lowest BCUT2D eigenvalue weighted by Crippen LogP contribution is -2.30. The summed E-state index contributed by atoms with van der Waals surface area (Å²) < 4.78 is 23.4. The van der Waals surface area contributed by atoms with Gasteiger partial charge in [0.05, 0.1) is 11.9 Å². The predicted octanol–water partition coefficient (Wildman–Crippen LogP) is 3.05. The number of hydrogen-bond donors (Lipinski definition) is 1. The van der Waals surface area contributed by atoms with Crippen molar-refractivity contribution in [1.82, 2.24) is 15.0 Å². The molecule has 0 unspecified atom stereocenters. The highest BCUT2D eigenvalue weighted by atomic mass is 32.2. The van der Waals surface area contributed by atoms with E-state index in [4.69, 9.17) is 0 Å². The first-order valence-electron chi connectivity index (χ1n) is 8.87. The maximum atomic E-state index is 11.7. The number of fused-ring (bicyclic) bond motifs is 1. The average molecular weight is 382 g/mol. The summed E-state index contributed by atoms with van der Waals surface area (Å²) in [6.07, 6.45) is 5.57. The maximum absolute atomic E-state index is 11.7. The molecule has 27 heavy (non-hydrogen) atoms. The fourth-order valence-corrected chi connectivity index (χ4v) is 4.25. The van der Waals surface area contributed by atoms with Crippen LogP contribution >= 0.6 is 0 Å². The van der Waals surface area contributed by atoms with Crippen molar-refractivity contribution in [2.45, 2.75) is 31.8 Å². The number of aryl methyl sites for hydroxylation is 2. The minimum atomic E-state index is -3.29. The van der Waals surface area contributed by atoms with Crippen LogP contribution in [0.3, 0.4) is 0 Å². The molecule has 1 N–H and O–H groups in total. The van der Waals surface area contributed by atoms with Crippen LogP contribution in [0.15, 0.2) is 41.7 Å². The molecule has 3 aromatic rings. The van der Waals surface area contributed by atoms with E-state index < -0.39 is 9.84 Å². The molecule has 0 atom stereocenters. The number of nitrogens with one attached hydrogen (secondary N) is 1. The Balaban J connectivity index is 1.63. The molecule has 6 nitrogen and oxygen atoms in total. The molecule has 0 fully saturated rings. The molecule has 4 rings (SSSR count). The number of rotatable bonds is 3. The molecule has 0 aromatic carbocycles. The summed E-state index contributed by atoms with van der Waals surface area (Å²) >= 11 is 0. The van der Waals surface area contributed by atoms with E-state index in [1.54, 1.807) is 18.5 Å². The van der Waals surface area contributed by atoms with Gasteiger partial charge in [-0.3, -0.25) is 4.98 Å². The zero-order valence-electron chi connectivity index (χ0n) is 15.7. The third-order valence-electron chi connectivity index (χ3n) is 5.06. The quantitative estimate of drug-likeness (QED) is 0.753. The molecule has 0 amide bonds. The molecule has 3 aromatic heterocycles. The highest BCUT2D eigenvalue weighted by molar-refractivity contribution is 7.90. The zero-order valence-corrected chi connectivity index (χ0v) is 16.5. The number of hydrogen-bond acceptors (Lipinski definition) is 5. The van der Waals surface area contributed by atoms with Gasteiger partial charge in [-0.2, -0.15) is 0 Å². The van der Waals surface area contributed by atoms with Gasteiger partial charge in [0, 0.05) is 54.6 Å². The van der Waals surface area contributed by atoms with Crippen molar-refractivity contribution < 1.29 is 8.42 Å². The Bertz CT molecular complexity index is 1120. The second-order valence-electron chi connectivity index (χ2n) is 7.08. The van der Waals surface area contributed by atoms with E-state index in [0.29, 0.717) is 0 Å². The van der Waals surface area contributed by atoms with Crippen LogP contribution in [0, 0.1) is 13.8 Å². The normalized spacial score (nSPS) is 14.3. The molecule has 0 radical (unpaired) electrons. The van der Waals surface area contributed by atoms with E-state index in [2.05, 4.69) is 32.0 Å². The molecule has 4 heterocycles. The van der Waals surface area contributed by atoms with Crippen LogP contribution < -0.4 is 4.90 Å². The first-order valence-corrected chi connectivity index (χ1v) is 10.8. The Hall–Kier alpha value is -2.67. The van der Waals surface area contributed by atoms with E-state index in [9.17, 15) is 8.42 Å². The highest BCUT2D eigenvalue weighted by Gasteiger charge is 2.22. The molecule has 0 spiro atoms.